The number of hydrogen-bond donors (Lipinski definition) is 1. The van der Waals surface area contributed by atoms with Crippen LogP contribution in [0, 0.1) is 0 Å². The fourth-order valence-electron chi connectivity index (χ4n) is 3.35. The quantitative estimate of drug-likeness (QED) is 0.845. The summed E-state index contributed by atoms with van der Waals surface area (Å²) < 4.78 is 5.17. The first-order chi connectivity index (χ1) is 11.8. The molecule has 3 rings (SSSR count). The molecule has 1 atom stereocenters. The molecule has 1 aliphatic heterocycles. The standard InChI is InChI=1S/C20H26N2O2/c1-24-19-9-5-6-17(14-19)20(23)21-15-16-10-12-22(13-11-16)18-7-3-2-4-8-18/h3,5-7,9-10,14,18H,2,4,8,11-13,15H2,1H3,(H,21,23)/t18-/m0/s1. The van der Waals surface area contributed by atoms with E-state index in [1.165, 1.54) is 24.8 Å². The van der Waals surface area contributed by atoms with Gasteiger partial charge in [0, 0.05) is 31.2 Å². The van der Waals surface area contributed by atoms with E-state index in [-0.39, 0.29) is 5.91 Å². The first kappa shape index (κ1) is 16.8. The molecular formula is C20H26N2O2. The Morgan fingerprint density at radius 3 is 3.04 bits per heavy atom. The van der Waals surface area contributed by atoms with Gasteiger partial charge in [0.1, 0.15) is 5.75 Å². The average Bonchev–Trinajstić information content (AvgIpc) is 2.67. The summed E-state index contributed by atoms with van der Waals surface area (Å²) in [6.07, 6.45) is 11.8. The van der Waals surface area contributed by atoms with E-state index in [9.17, 15) is 4.79 Å². The number of nitrogens with one attached hydrogen (secondary N) is 1. The van der Waals surface area contributed by atoms with Crippen molar-refractivity contribution in [3.63, 3.8) is 0 Å². The molecule has 4 nitrogen and oxygen atoms in total. The average molecular weight is 326 g/mol. The van der Waals surface area contributed by atoms with Crippen molar-refractivity contribution in [2.75, 3.05) is 26.7 Å². The van der Waals surface area contributed by atoms with Crippen LogP contribution in [0.25, 0.3) is 0 Å². The van der Waals surface area contributed by atoms with Gasteiger partial charge in [0.2, 0.25) is 0 Å². The lowest BCUT2D eigenvalue weighted by molar-refractivity contribution is 0.0955. The van der Waals surface area contributed by atoms with E-state index in [1.54, 1.807) is 13.2 Å². The predicted octanol–water partition coefficient (Wildman–Crippen LogP) is 3.17. The normalized spacial score (nSPS) is 21.2. The van der Waals surface area contributed by atoms with Crippen LogP contribution in [0.2, 0.25) is 0 Å². The molecule has 0 spiro atoms. The minimum atomic E-state index is -0.0487. The van der Waals surface area contributed by atoms with Gasteiger partial charge in [0.15, 0.2) is 0 Å². The molecule has 0 saturated heterocycles. The molecule has 0 unspecified atom stereocenters. The van der Waals surface area contributed by atoms with Gasteiger partial charge in [-0.15, -0.1) is 0 Å². The summed E-state index contributed by atoms with van der Waals surface area (Å²) in [5.41, 5.74) is 1.96. The van der Waals surface area contributed by atoms with Crippen molar-refractivity contribution < 1.29 is 9.53 Å². The maximum absolute atomic E-state index is 12.3. The summed E-state index contributed by atoms with van der Waals surface area (Å²) in [5.74, 6) is 0.656. The molecule has 0 fully saturated rings. The van der Waals surface area contributed by atoms with Crippen LogP contribution in [0.5, 0.6) is 5.75 Å². The Balaban J connectivity index is 1.50. The van der Waals surface area contributed by atoms with E-state index in [2.05, 4.69) is 28.4 Å². The molecule has 2 aliphatic rings. The highest BCUT2D eigenvalue weighted by Gasteiger charge is 2.20. The van der Waals surface area contributed by atoms with Crippen LogP contribution >= 0.6 is 0 Å². The minimum Gasteiger partial charge on any atom is -0.497 e. The highest BCUT2D eigenvalue weighted by atomic mass is 16.5. The molecule has 4 heteroatoms. The minimum absolute atomic E-state index is 0.0487. The number of rotatable bonds is 5. The predicted molar refractivity (Wildman–Crippen MR) is 96.4 cm³/mol. The topological polar surface area (TPSA) is 41.6 Å². The third kappa shape index (κ3) is 4.26. The zero-order valence-electron chi connectivity index (χ0n) is 14.3. The van der Waals surface area contributed by atoms with E-state index in [4.69, 9.17) is 4.74 Å². The molecular weight excluding hydrogens is 300 g/mol. The molecule has 24 heavy (non-hydrogen) atoms. The fourth-order valence-corrected chi connectivity index (χ4v) is 3.35. The lowest BCUT2D eigenvalue weighted by atomic mass is 9.99. The first-order valence-corrected chi connectivity index (χ1v) is 8.77. The second-order valence-electron chi connectivity index (χ2n) is 6.45. The van der Waals surface area contributed by atoms with Gasteiger partial charge in [-0.05, 0) is 43.9 Å². The molecule has 0 bridgehead atoms. The van der Waals surface area contributed by atoms with E-state index in [0.29, 0.717) is 23.9 Å². The summed E-state index contributed by atoms with van der Waals surface area (Å²) in [5, 5.41) is 3.02. The molecule has 1 aliphatic carbocycles. The van der Waals surface area contributed by atoms with Crippen LogP contribution in [0.3, 0.4) is 0 Å². The van der Waals surface area contributed by atoms with Gasteiger partial charge in [-0.1, -0.05) is 29.9 Å². The van der Waals surface area contributed by atoms with E-state index in [1.807, 2.05) is 18.2 Å². The number of ether oxygens (including phenoxy) is 1. The van der Waals surface area contributed by atoms with Gasteiger partial charge in [-0.25, -0.2) is 0 Å². The van der Waals surface area contributed by atoms with Gasteiger partial charge in [-0.3, -0.25) is 9.69 Å². The van der Waals surface area contributed by atoms with Gasteiger partial charge in [0.25, 0.3) is 5.91 Å². The van der Waals surface area contributed by atoms with E-state index >= 15 is 0 Å². The Hall–Kier alpha value is -2.07. The van der Waals surface area contributed by atoms with Crippen molar-refractivity contribution in [1.82, 2.24) is 10.2 Å². The van der Waals surface area contributed by atoms with Crippen LogP contribution in [0.1, 0.15) is 36.0 Å². The number of carbonyl (C=O) groups excluding carboxylic acids is 1. The van der Waals surface area contributed by atoms with Crippen molar-refractivity contribution in [1.29, 1.82) is 0 Å². The summed E-state index contributed by atoms with van der Waals surface area (Å²) in [6.45, 7) is 2.69. The Bertz CT molecular complexity index is 636. The molecule has 1 heterocycles. The third-order valence-electron chi connectivity index (χ3n) is 4.84. The lowest BCUT2D eigenvalue weighted by Gasteiger charge is -2.33. The second-order valence-corrected chi connectivity index (χ2v) is 6.45. The van der Waals surface area contributed by atoms with Crippen LogP contribution < -0.4 is 10.1 Å². The van der Waals surface area contributed by atoms with Gasteiger partial charge in [0.05, 0.1) is 7.11 Å². The van der Waals surface area contributed by atoms with Crippen LogP contribution in [-0.4, -0.2) is 43.6 Å². The zero-order valence-corrected chi connectivity index (χ0v) is 14.3. The number of carbonyl (C=O) groups is 1. The highest BCUT2D eigenvalue weighted by molar-refractivity contribution is 5.94. The van der Waals surface area contributed by atoms with Gasteiger partial charge < -0.3 is 10.1 Å². The Morgan fingerprint density at radius 1 is 1.42 bits per heavy atom. The maximum Gasteiger partial charge on any atom is 0.251 e. The van der Waals surface area contributed by atoms with Crippen LogP contribution in [-0.2, 0) is 0 Å². The maximum atomic E-state index is 12.3. The zero-order chi connectivity index (χ0) is 16.8. The number of nitrogens with zero attached hydrogens (tertiary/aromatic N) is 1. The Morgan fingerprint density at radius 2 is 2.33 bits per heavy atom. The number of amides is 1. The van der Waals surface area contributed by atoms with Crippen molar-refractivity contribution in [2.45, 2.75) is 31.7 Å². The third-order valence-corrected chi connectivity index (χ3v) is 4.84. The molecule has 1 aromatic carbocycles. The first-order valence-electron chi connectivity index (χ1n) is 8.77. The van der Waals surface area contributed by atoms with E-state index < -0.39 is 0 Å². The molecule has 1 N–H and O–H groups in total. The van der Waals surface area contributed by atoms with Crippen LogP contribution in [0.4, 0.5) is 0 Å². The number of methoxy groups -OCH3 is 1. The van der Waals surface area contributed by atoms with Gasteiger partial charge >= 0.3 is 0 Å². The smallest absolute Gasteiger partial charge is 0.251 e. The lowest BCUT2D eigenvalue weighted by Crippen LogP contribution is -2.39. The largest absolute Gasteiger partial charge is 0.497 e. The molecule has 128 valence electrons. The molecule has 0 radical (unpaired) electrons. The summed E-state index contributed by atoms with van der Waals surface area (Å²) in [6, 6.07) is 7.85. The molecule has 1 aromatic rings. The van der Waals surface area contributed by atoms with Crippen molar-refractivity contribution >= 4 is 5.91 Å². The Kier molecular flexibility index (Phi) is 5.70. The van der Waals surface area contributed by atoms with E-state index in [0.717, 1.165) is 19.5 Å². The number of benzene rings is 1. The van der Waals surface area contributed by atoms with Crippen molar-refractivity contribution in [2.24, 2.45) is 0 Å². The number of hydrogen-bond acceptors (Lipinski definition) is 3. The summed E-state index contributed by atoms with van der Waals surface area (Å²) in [4.78, 5) is 14.8. The monoisotopic (exact) mass is 326 g/mol. The second kappa shape index (κ2) is 8.15. The van der Waals surface area contributed by atoms with Crippen LogP contribution in [0.15, 0.2) is 48.1 Å². The Labute approximate surface area is 144 Å². The van der Waals surface area contributed by atoms with Gasteiger partial charge in [-0.2, -0.15) is 0 Å². The summed E-state index contributed by atoms with van der Waals surface area (Å²) >= 11 is 0. The number of allylic oxidation sites excluding steroid dienone is 1. The molecule has 0 aromatic heterocycles. The molecule has 0 saturated carbocycles. The molecule has 1 amide bonds. The fraction of sp³-hybridized carbons (Fsp3) is 0.450. The highest BCUT2D eigenvalue weighted by Crippen LogP contribution is 2.20. The van der Waals surface area contributed by atoms with Crippen molar-refractivity contribution in [3.05, 3.63) is 53.6 Å². The SMILES string of the molecule is COc1cccc(C(=O)NCC2=CCN([C@H]3C=CCCC3)CC2)c1. The van der Waals surface area contributed by atoms with Crippen molar-refractivity contribution in [3.8, 4) is 5.75 Å². The summed E-state index contributed by atoms with van der Waals surface area (Å²) in [7, 11) is 1.61.